The number of carbonyl (C=O) groups excluding carboxylic acids is 1. The number of hydrogen-bond acceptors (Lipinski definition) is 3. The minimum atomic E-state index is -0.0727. The Morgan fingerprint density at radius 3 is 2.86 bits per heavy atom. The van der Waals surface area contributed by atoms with E-state index in [9.17, 15) is 4.79 Å². The molecule has 0 saturated heterocycles. The molecule has 0 aliphatic heterocycles. The molecule has 0 bridgehead atoms. The molecule has 4 nitrogen and oxygen atoms in total. The molecule has 1 aliphatic rings. The normalized spacial score (nSPS) is 13.8. The SMILES string of the molecule is Cc1ccc(Cl)cc1Nc1cncc(C(=O)NC2CC2)c1. The summed E-state index contributed by atoms with van der Waals surface area (Å²) in [5.74, 6) is -0.0727. The van der Waals surface area contributed by atoms with Gasteiger partial charge in [-0.3, -0.25) is 9.78 Å². The summed E-state index contributed by atoms with van der Waals surface area (Å²) in [4.78, 5) is 16.1. The Balaban J connectivity index is 1.79. The Bertz CT molecular complexity index is 683. The molecular weight excluding hydrogens is 286 g/mol. The smallest absolute Gasteiger partial charge is 0.253 e. The molecule has 0 atom stereocenters. The first-order valence-corrected chi connectivity index (χ1v) is 7.29. The summed E-state index contributed by atoms with van der Waals surface area (Å²) in [6.07, 6.45) is 5.40. The minimum absolute atomic E-state index is 0.0727. The Kier molecular flexibility index (Phi) is 3.80. The van der Waals surface area contributed by atoms with Crippen molar-refractivity contribution in [2.45, 2.75) is 25.8 Å². The second-order valence-corrected chi connectivity index (χ2v) is 5.73. The number of benzene rings is 1. The topological polar surface area (TPSA) is 54.0 Å². The highest BCUT2D eigenvalue weighted by Crippen LogP contribution is 2.24. The second kappa shape index (κ2) is 5.74. The zero-order valence-electron chi connectivity index (χ0n) is 11.7. The standard InChI is InChI=1S/C16H16ClN3O/c1-10-2-3-12(17)7-15(10)19-14-6-11(8-18-9-14)16(21)20-13-4-5-13/h2-3,6-9,13,19H,4-5H2,1H3,(H,20,21). The number of aromatic nitrogens is 1. The van der Waals surface area contributed by atoms with E-state index in [0.717, 1.165) is 29.8 Å². The summed E-state index contributed by atoms with van der Waals surface area (Å²) in [7, 11) is 0. The number of amides is 1. The van der Waals surface area contributed by atoms with Crippen molar-refractivity contribution in [2.24, 2.45) is 0 Å². The van der Waals surface area contributed by atoms with Crippen LogP contribution in [0.5, 0.6) is 0 Å². The van der Waals surface area contributed by atoms with Crippen LogP contribution in [0.1, 0.15) is 28.8 Å². The number of anilines is 2. The van der Waals surface area contributed by atoms with Crippen molar-refractivity contribution in [1.82, 2.24) is 10.3 Å². The maximum absolute atomic E-state index is 12.0. The minimum Gasteiger partial charge on any atom is -0.354 e. The summed E-state index contributed by atoms with van der Waals surface area (Å²) < 4.78 is 0. The van der Waals surface area contributed by atoms with E-state index >= 15 is 0 Å². The lowest BCUT2D eigenvalue weighted by Crippen LogP contribution is -2.25. The summed E-state index contributed by atoms with van der Waals surface area (Å²) in [6.45, 7) is 2.00. The molecule has 3 rings (SSSR count). The van der Waals surface area contributed by atoms with Gasteiger partial charge in [-0.25, -0.2) is 0 Å². The van der Waals surface area contributed by atoms with Crippen molar-refractivity contribution in [3.05, 3.63) is 52.8 Å². The van der Waals surface area contributed by atoms with E-state index in [4.69, 9.17) is 11.6 Å². The molecule has 1 aliphatic carbocycles. The first-order chi connectivity index (χ1) is 10.1. The molecule has 1 aromatic carbocycles. The largest absolute Gasteiger partial charge is 0.354 e. The molecule has 2 aromatic rings. The molecule has 2 N–H and O–H groups in total. The van der Waals surface area contributed by atoms with Crippen LogP contribution in [0, 0.1) is 6.92 Å². The number of nitrogens with zero attached hydrogens (tertiary/aromatic N) is 1. The Hall–Kier alpha value is -2.07. The Morgan fingerprint density at radius 2 is 2.10 bits per heavy atom. The number of halogens is 1. The monoisotopic (exact) mass is 301 g/mol. The highest BCUT2D eigenvalue weighted by molar-refractivity contribution is 6.30. The van der Waals surface area contributed by atoms with E-state index in [1.54, 1.807) is 18.5 Å². The van der Waals surface area contributed by atoms with Gasteiger partial charge < -0.3 is 10.6 Å². The van der Waals surface area contributed by atoms with Crippen molar-refractivity contribution in [3.8, 4) is 0 Å². The average molecular weight is 302 g/mol. The van der Waals surface area contributed by atoms with E-state index in [2.05, 4.69) is 15.6 Å². The summed E-state index contributed by atoms with van der Waals surface area (Å²) in [5.41, 5.74) is 3.31. The molecule has 108 valence electrons. The highest BCUT2D eigenvalue weighted by Gasteiger charge is 2.23. The van der Waals surface area contributed by atoms with Crippen LogP contribution in [0.2, 0.25) is 5.02 Å². The van der Waals surface area contributed by atoms with Gasteiger partial charge in [0.25, 0.3) is 5.91 Å². The molecule has 0 radical (unpaired) electrons. The van der Waals surface area contributed by atoms with Gasteiger partial charge >= 0.3 is 0 Å². The molecule has 5 heteroatoms. The second-order valence-electron chi connectivity index (χ2n) is 5.29. The van der Waals surface area contributed by atoms with Crippen molar-refractivity contribution in [1.29, 1.82) is 0 Å². The van der Waals surface area contributed by atoms with Crippen LogP contribution >= 0.6 is 11.6 Å². The van der Waals surface area contributed by atoms with Crippen LogP contribution in [0.25, 0.3) is 0 Å². The average Bonchev–Trinajstić information content (AvgIpc) is 3.27. The lowest BCUT2D eigenvalue weighted by atomic mass is 10.2. The zero-order chi connectivity index (χ0) is 14.8. The first kappa shape index (κ1) is 13.9. The Labute approximate surface area is 128 Å². The molecule has 0 spiro atoms. The van der Waals surface area contributed by atoms with Gasteiger partial charge in [-0.15, -0.1) is 0 Å². The van der Waals surface area contributed by atoms with Crippen LogP contribution in [-0.4, -0.2) is 16.9 Å². The van der Waals surface area contributed by atoms with E-state index in [1.165, 1.54) is 0 Å². The van der Waals surface area contributed by atoms with Crippen molar-refractivity contribution in [2.75, 3.05) is 5.32 Å². The number of aryl methyl sites for hydroxylation is 1. The molecule has 1 heterocycles. The predicted octanol–water partition coefficient (Wildman–Crippen LogP) is 3.68. The molecule has 1 amide bonds. The third kappa shape index (κ3) is 3.52. The third-order valence-electron chi connectivity index (χ3n) is 3.39. The van der Waals surface area contributed by atoms with Gasteiger partial charge in [-0.05, 0) is 43.5 Å². The number of nitrogens with one attached hydrogen (secondary N) is 2. The van der Waals surface area contributed by atoms with Gasteiger partial charge in [0.1, 0.15) is 0 Å². The van der Waals surface area contributed by atoms with Gasteiger partial charge in [-0.2, -0.15) is 0 Å². The fraction of sp³-hybridized carbons (Fsp3) is 0.250. The van der Waals surface area contributed by atoms with Gasteiger partial charge in [0.2, 0.25) is 0 Å². The third-order valence-corrected chi connectivity index (χ3v) is 3.63. The quantitative estimate of drug-likeness (QED) is 0.906. The zero-order valence-corrected chi connectivity index (χ0v) is 12.4. The lowest BCUT2D eigenvalue weighted by molar-refractivity contribution is 0.0951. The first-order valence-electron chi connectivity index (χ1n) is 6.91. The van der Waals surface area contributed by atoms with Gasteiger partial charge in [0.15, 0.2) is 0 Å². The van der Waals surface area contributed by atoms with Gasteiger partial charge in [-0.1, -0.05) is 17.7 Å². The number of hydrogen-bond donors (Lipinski definition) is 2. The molecule has 1 aromatic heterocycles. The number of carbonyl (C=O) groups is 1. The lowest BCUT2D eigenvalue weighted by Gasteiger charge is -2.11. The maximum atomic E-state index is 12.0. The van der Waals surface area contributed by atoms with E-state index in [-0.39, 0.29) is 5.91 Å². The summed E-state index contributed by atoms with van der Waals surface area (Å²) in [5, 5.41) is 6.87. The van der Waals surface area contributed by atoms with Gasteiger partial charge in [0, 0.05) is 22.9 Å². The van der Waals surface area contributed by atoms with Crippen LogP contribution in [-0.2, 0) is 0 Å². The number of rotatable bonds is 4. The van der Waals surface area contributed by atoms with Crippen molar-refractivity contribution in [3.63, 3.8) is 0 Å². The van der Waals surface area contributed by atoms with Crippen molar-refractivity contribution < 1.29 is 4.79 Å². The highest BCUT2D eigenvalue weighted by atomic mass is 35.5. The van der Waals surface area contributed by atoms with Gasteiger partial charge in [0.05, 0.1) is 17.4 Å². The molecule has 0 unspecified atom stereocenters. The van der Waals surface area contributed by atoms with Crippen LogP contribution in [0.15, 0.2) is 36.7 Å². The number of pyridine rings is 1. The van der Waals surface area contributed by atoms with Crippen molar-refractivity contribution >= 4 is 28.9 Å². The van der Waals surface area contributed by atoms with Crippen LogP contribution in [0.4, 0.5) is 11.4 Å². The Morgan fingerprint density at radius 1 is 1.29 bits per heavy atom. The van der Waals surface area contributed by atoms with E-state index in [1.807, 2.05) is 25.1 Å². The maximum Gasteiger partial charge on any atom is 0.253 e. The van der Waals surface area contributed by atoms with Crippen LogP contribution < -0.4 is 10.6 Å². The summed E-state index contributed by atoms with van der Waals surface area (Å²) in [6, 6.07) is 7.78. The fourth-order valence-electron chi connectivity index (χ4n) is 2.01. The summed E-state index contributed by atoms with van der Waals surface area (Å²) >= 11 is 6.01. The van der Waals surface area contributed by atoms with E-state index < -0.39 is 0 Å². The van der Waals surface area contributed by atoms with E-state index in [0.29, 0.717) is 16.6 Å². The fourth-order valence-corrected chi connectivity index (χ4v) is 2.19. The molecule has 21 heavy (non-hydrogen) atoms. The van der Waals surface area contributed by atoms with Crippen LogP contribution in [0.3, 0.4) is 0 Å². The predicted molar refractivity (Wildman–Crippen MR) is 84.2 cm³/mol. The molecule has 1 saturated carbocycles. The molecule has 1 fully saturated rings. The molecular formula is C16H16ClN3O.